The first-order chi connectivity index (χ1) is 14.4. The van der Waals surface area contributed by atoms with Gasteiger partial charge in [-0.2, -0.15) is 0 Å². The zero-order chi connectivity index (χ0) is 21.7. The summed E-state index contributed by atoms with van der Waals surface area (Å²) >= 11 is 0. The number of ether oxygens (including phenoxy) is 2. The summed E-state index contributed by atoms with van der Waals surface area (Å²) in [7, 11) is 1.33. The molecular formula is C22H31N3O5. The lowest BCUT2D eigenvalue weighted by Crippen LogP contribution is -2.54. The fraction of sp³-hybridized carbons (Fsp3) is 0.591. The van der Waals surface area contributed by atoms with Crippen molar-refractivity contribution in [1.29, 1.82) is 0 Å². The molecule has 30 heavy (non-hydrogen) atoms. The number of esters is 1. The first-order valence-corrected chi connectivity index (χ1v) is 10.5. The van der Waals surface area contributed by atoms with Gasteiger partial charge in [0, 0.05) is 30.9 Å². The van der Waals surface area contributed by atoms with E-state index in [1.807, 2.05) is 32.0 Å². The van der Waals surface area contributed by atoms with E-state index in [2.05, 4.69) is 10.2 Å². The molecule has 0 aliphatic carbocycles. The molecule has 2 saturated heterocycles. The number of anilines is 1. The third kappa shape index (κ3) is 4.92. The molecule has 0 spiro atoms. The minimum Gasteiger partial charge on any atom is -0.467 e. The Morgan fingerprint density at radius 3 is 2.57 bits per heavy atom. The highest BCUT2D eigenvalue weighted by Crippen LogP contribution is 2.22. The van der Waals surface area contributed by atoms with Crippen LogP contribution in [0.4, 0.5) is 5.69 Å². The fourth-order valence-corrected chi connectivity index (χ4v) is 3.99. The molecule has 3 rings (SSSR count). The smallest absolute Gasteiger partial charge is 0.328 e. The van der Waals surface area contributed by atoms with Crippen LogP contribution in [0.5, 0.6) is 0 Å². The highest BCUT2D eigenvalue weighted by Gasteiger charge is 2.39. The van der Waals surface area contributed by atoms with Crippen molar-refractivity contribution in [3.63, 3.8) is 0 Å². The van der Waals surface area contributed by atoms with Crippen molar-refractivity contribution in [2.75, 3.05) is 44.9 Å². The number of benzene rings is 1. The van der Waals surface area contributed by atoms with Crippen molar-refractivity contribution in [3.8, 4) is 0 Å². The lowest BCUT2D eigenvalue weighted by Gasteiger charge is -2.30. The summed E-state index contributed by atoms with van der Waals surface area (Å²) in [5.74, 6) is -1.07. The number of likely N-dealkylation sites (tertiary alicyclic amines) is 1. The van der Waals surface area contributed by atoms with E-state index in [4.69, 9.17) is 9.47 Å². The van der Waals surface area contributed by atoms with Crippen LogP contribution in [0.2, 0.25) is 0 Å². The number of hydrogen-bond donors (Lipinski definition) is 1. The van der Waals surface area contributed by atoms with Crippen LogP contribution >= 0.6 is 0 Å². The summed E-state index contributed by atoms with van der Waals surface area (Å²) in [6, 6.07) is 6.11. The number of hydrogen-bond acceptors (Lipinski definition) is 6. The summed E-state index contributed by atoms with van der Waals surface area (Å²) < 4.78 is 10.2. The Bertz CT molecular complexity index is 776. The van der Waals surface area contributed by atoms with Gasteiger partial charge < -0.3 is 24.6 Å². The van der Waals surface area contributed by atoms with E-state index in [9.17, 15) is 14.4 Å². The Hall–Kier alpha value is -2.61. The van der Waals surface area contributed by atoms with Crippen LogP contribution in [-0.4, -0.2) is 74.7 Å². The molecule has 8 nitrogen and oxygen atoms in total. The van der Waals surface area contributed by atoms with Crippen molar-refractivity contribution in [3.05, 3.63) is 29.8 Å². The number of carbonyl (C=O) groups is 3. The molecule has 0 aromatic heterocycles. The van der Waals surface area contributed by atoms with Crippen LogP contribution in [0, 0.1) is 5.92 Å². The predicted molar refractivity (Wildman–Crippen MR) is 112 cm³/mol. The molecule has 1 aromatic rings. The minimum absolute atomic E-state index is 0.122. The van der Waals surface area contributed by atoms with Gasteiger partial charge in [0.15, 0.2) is 0 Å². The van der Waals surface area contributed by atoms with Crippen LogP contribution in [0.1, 0.15) is 37.0 Å². The van der Waals surface area contributed by atoms with E-state index in [-0.39, 0.29) is 17.7 Å². The van der Waals surface area contributed by atoms with Gasteiger partial charge in [0.05, 0.1) is 20.3 Å². The first kappa shape index (κ1) is 22.1. The van der Waals surface area contributed by atoms with Gasteiger partial charge in [-0.15, -0.1) is 0 Å². The van der Waals surface area contributed by atoms with Crippen LogP contribution in [0.25, 0.3) is 0 Å². The van der Waals surface area contributed by atoms with Gasteiger partial charge in [-0.1, -0.05) is 19.9 Å². The van der Waals surface area contributed by atoms with Gasteiger partial charge in [0.1, 0.15) is 12.1 Å². The number of nitrogens with one attached hydrogen (secondary N) is 1. The van der Waals surface area contributed by atoms with Gasteiger partial charge in [-0.25, -0.2) is 4.79 Å². The molecule has 0 radical (unpaired) electrons. The molecule has 0 saturated carbocycles. The molecule has 164 valence electrons. The van der Waals surface area contributed by atoms with Gasteiger partial charge in [0.2, 0.25) is 5.91 Å². The Balaban J connectivity index is 1.72. The minimum atomic E-state index is -0.713. The molecule has 1 N–H and O–H groups in total. The van der Waals surface area contributed by atoms with Crippen molar-refractivity contribution < 1.29 is 23.9 Å². The lowest BCUT2D eigenvalue weighted by atomic mass is 10.0. The van der Waals surface area contributed by atoms with Crippen LogP contribution < -0.4 is 10.2 Å². The Labute approximate surface area is 177 Å². The molecule has 0 bridgehead atoms. The van der Waals surface area contributed by atoms with E-state index in [0.29, 0.717) is 31.7 Å². The summed E-state index contributed by atoms with van der Waals surface area (Å²) in [5.41, 5.74) is 1.46. The standard InChI is InChI=1S/C22H31N3O5/c1-15(2)19(21(27)25-9-5-8-18(25)22(28)29-3)23-20(26)16-6-4-7-17(14-16)24-10-12-30-13-11-24/h4,6-7,14-15,18-19H,5,8-13H2,1-3H3,(H,23,26)/t18-,19-/m0/s1. The van der Waals surface area contributed by atoms with E-state index in [1.54, 1.807) is 11.0 Å². The quantitative estimate of drug-likeness (QED) is 0.705. The van der Waals surface area contributed by atoms with Gasteiger partial charge in [-0.3, -0.25) is 9.59 Å². The third-order valence-electron chi connectivity index (χ3n) is 5.71. The summed E-state index contributed by atoms with van der Waals surface area (Å²) in [4.78, 5) is 41.9. The maximum Gasteiger partial charge on any atom is 0.328 e. The maximum atomic E-state index is 13.2. The zero-order valence-corrected chi connectivity index (χ0v) is 17.9. The molecule has 2 atom stereocenters. The molecular weight excluding hydrogens is 386 g/mol. The van der Waals surface area contributed by atoms with E-state index in [0.717, 1.165) is 25.2 Å². The number of morpholine rings is 1. The molecule has 2 aliphatic heterocycles. The second kappa shape index (κ2) is 9.93. The van der Waals surface area contributed by atoms with Gasteiger partial charge >= 0.3 is 5.97 Å². The van der Waals surface area contributed by atoms with E-state index >= 15 is 0 Å². The highest BCUT2D eigenvalue weighted by molar-refractivity contribution is 5.99. The molecule has 2 amide bonds. The van der Waals surface area contributed by atoms with E-state index in [1.165, 1.54) is 7.11 Å². The fourth-order valence-electron chi connectivity index (χ4n) is 3.99. The highest BCUT2D eigenvalue weighted by atomic mass is 16.5. The van der Waals surface area contributed by atoms with Gasteiger partial charge in [-0.05, 0) is 37.0 Å². The van der Waals surface area contributed by atoms with Crippen molar-refractivity contribution in [2.45, 2.75) is 38.8 Å². The van der Waals surface area contributed by atoms with Crippen molar-refractivity contribution in [2.24, 2.45) is 5.92 Å². The molecule has 8 heteroatoms. The monoisotopic (exact) mass is 417 g/mol. The second-order valence-electron chi connectivity index (χ2n) is 8.06. The number of nitrogens with zero attached hydrogens (tertiary/aromatic N) is 2. The normalized spacial score (nSPS) is 20.2. The number of amides is 2. The van der Waals surface area contributed by atoms with E-state index < -0.39 is 18.1 Å². The second-order valence-corrected chi connectivity index (χ2v) is 8.06. The third-order valence-corrected chi connectivity index (χ3v) is 5.71. The average Bonchev–Trinajstić information content (AvgIpc) is 3.27. The number of methoxy groups -OCH3 is 1. The van der Waals surface area contributed by atoms with Crippen LogP contribution in [0.3, 0.4) is 0 Å². The van der Waals surface area contributed by atoms with Crippen LogP contribution in [-0.2, 0) is 19.1 Å². The predicted octanol–water partition coefficient (Wildman–Crippen LogP) is 1.44. The topological polar surface area (TPSA) is 88.2 Å². The summed E-state index contributed by atoms with van der Waals surface area (Å²) in [6.45, 7) is 7.15. The largest absolute Gasteiger partial charge is 0.467 e. The summed E-state index contributed by atoms with van der Waals surface area (Å²) in [5, 5.41) is 2.89. The van der Waals surface area contributed by atoms with Gasteiger partial charge in [0.25, 0.3) is 5.91 Å². The first-order valence-electron chi connectivity index (χ1n) is 10.5. The SMILES string of the molecule is COC(=O)[C@@H]1CCCN1C(=O)[C@@H](NC(=O)c1cccc(N2CCOCC2)c1)C(C)C. The Morgan fingerprint density at radius 1 is 1.17 bits per heavy atom. The van der Waals surface area contributed by atoms with Crippen LogP contribution in [0.15, 0.2) is 24.3 Å². The Morgan fingerprint density at radius 2 is 1.90 bits per heavy atom. The van der Waals surface area contributed by atoms with Crippen molar-refractivity contribution in [1.82, 2.24) is 10.2 Å². The lowest BCUT2D eigenvalue weighted by molar-refractivity contribution is -0.151. The number of carbonyl (C=O) groups excluding carboxylic acids is 3. The molecule has 1 aromatic carbocycles. The Kier molecular flexibility index (Phi) is 7.31. The zero-order valence-electron chi connectivity index (χ0n) is 17.9. The molecule has 2 fully saturated rings. The number of rotatable bonds is 6. The maximum absolute atomic E-state index is 13.2. The van der Waals surface area contributed by atoms with Crippen molar-refractivity contribution >= 4 is 23.5 Å². The molecule has 0 unspecified atom stereocenters. The molecule has 2 heterocycles. The summed E-state index contributed by atoms with van der Waals surface area (Å²) in [6.07, 6.45) is 1.32. The molecule has 2 aliphatic rings. The average molecular weight is 418 g/mol.